The minimum absolute atomic E-state index is 0.0599. The molecule has 0 saturated carbocycles. The quantitative estimate of drug-likeness (QED) is 0.787. The van der Waals surface area contributed by atoms with Crippen molar-refractivity contribution >= 4 is 21.7 Å². The zero-order chi connectivity index (χ0) is 13.2. The van der Waals surface area contributed by atoms with Crippen LogP contribution in [0.1, 0.15) is 22.8 Å². The van der Waals surface area contributed by atoms with Crippen LogP contribution >= 0.6 is 15.9 Å². The number of Topliss-reactive ketones (excluding diaryl/α,β-unsaturated/α-hetero) is 1. The van der Waals surface area contributed by atoms with Gasteiger partial charge in [-0.3, -0.25) is 4.79 Å². The van der Waals surface area contributed by atoms with Gasteiger partial charge in [-0.2, -0.15) is 5.26 Å². The molecule has 17 heavy (non-hydrogen) atoms. The van der Waals surface area contributed by atoms with E-state index in [1.807, 2.05) is 0 Å². The Labute approximate surface area is 103 Å². The molecule has 7 heteroatoms. The minimum atomic E-state index is -4.89. The Morgan fingerprint density at radius 1 is 1.47 bits per heavy atom. The average Bonchev–Trinajstić information content (AvgIpc) is 2.14. The molecule has 0 atom stereocenters. The van der Waals surface area contributed by atoms with E-state index < -0.39 is 17.9 Å². The second-order valence-electron chi connectivity index (χ2n) is 3.04. The first-order chi connectivity index (χ1) is 7.74. The number of ether oxygens (including phenoxy) is 1. The summed E-state index contributed by atoms with van der Waals surface area (Å²) in [6.45, 7) is 1.09. The Balaban J connectivity index is 3.34. The number of alkyl halides is 3. The molecule has 0 radical (unpaired) electrons. The SMILES string of the molecule is CC(=O)c1cc(C#N)c(Br)cc1OC(F)(F)F. The van der Waals surface area contributed by atoms with Gasteiger partial charge in [0.2, 0.25) is 0 Å². The molecule has 0 amide bonds. The molecule has 0 bridgehead atoms. The highest BCUT2D eigenvalue weighted by molar-refractivity contribution is 9.10. The second-order valence-corrected chi connectivity index (χ2v) is 3.90. The number of hydrogen-bond acceptors (Lipinski definition) is 3. The fourth-order valence-corrected chi connectivity index (χ4v) is 1.54. The lowest BCUT2D eigenvalue weighted by Crippen LogP contribution is -2.19. The van der Waals surface area contributed by atoms with Crippen LogP contribution in [-0.2, 0) is 0 Å². The fraction of sp³-hybridized carbons (Fsp3) is 0.200. The zero-order valence-electron chi connectivity index (χ0n) is 8.43. The highest BCUT2D eigenvalue weighted by Gasteiger charge is 2.33. The van der Waals surface area contributed by atoms with Gasteiger partial charge in [0.05, 0.1) is 11.1 Å². The molecule has 1 aromatic carbocycles. The predicted octanol–water partition coefficient (Wildman–Crippen LogP) is 3.42. The average molecular weight is 308 g/mol. The number of rotatable bonds is 2. The maximum atomic E-state index is 12.1. The fourth-order valence-electron chi connectivity index (χ4n) is 1.12. The molecule has 3 nitrogen and oxygen atoms in total. The van der Waals surface area contributed by atoms with Crippen molar-refractivity contribution in [2.75, 3.05) is 0 Å². The van der Waals surface area contributed by atoms with Crippen LogP contribution in [0.25, 0.3) is 0 Å². The first-order valence-corrected chi connectivity index (χ1v) is 5.04. The van der Waals surface area contributed by atoms with E-state index in [2.05, 4.69) is 20.7 Å². The van der Waals surface area contributed by atoms with Crippen molar-refractivity contribution in [1.82, 2.24) is 0 Å². The summed E-state index contributed by atoms with van der Waals surface area (Å²) in [6, 6.07) is 3.74. The molecule has 0 saturated heterocycles. The van der Waals surface area contributed by atoms with Gasteiger partial charge in [-0.25, -0.2) is 0 Å². The molecule has 0 spiro atoms. The summed E-state index contributed by atoms with van der Waals surface area (Å²) in [5, 5.41) is 8.69. The molecule has 0 aliphatic carbocycles. The van der Waals surface area contributed by atoms with Gasteiger partial charge in [-0.05, 0) is 35.0 Å². The van der Waals surface area contributed by atoms with Crippen molar-refractivity contribution in [2.24, 2.45) is 0 Å². The van der Waals surface area contributed by atoms with Gasteiger partial charge in [0.15, 0.2) is 5.78 Å². The maximum absolute atomic E-state index is 12.1. The number of hydrogen-bond donors (Lipinski definition) is 0. The zero-order valence-corrected chi connectivity index (χ0v) is 10.0. The number of halogens is 4. The monoisotopic (exact) mass is 307 g/mol. The van der Waals surface area contributed by atoms with Crippen molar-refractivity contribution in [2.45, 2.75) is 13.3 Å². The normalized spacial score (nSPS) is 10.8. The number of carbonyl (C=O) groups is 1. The lowest BCUT2D eigenvalue weighted by Gasteiger charge is -2.12. The van der Waals surface area contributed by atoms with Gasteiger partial charge < -0.3 is 4.74 Å². The van der Waals surface area contributed by atoms with Crippen LogP contribution < -0.4 is 4.74 Å². The van der Waals surface area contributed by atoms with Crippen LogP contribution in [0.3, 0.4) is 0 Å². The largest absolute Gasteiger partial charge is 0.573 e. The summed E-state index contributed by atoms with van der Waals surface area (Å²) in [6.07, 6.45) is -4.89. The molecule has 0 unspecified atom stereocenters. The number of nitriles is 1. The van der Waals surface area contributed by atoms with E-state index in [0.717, 1.165) is 19.1 Å². The number of carbonyl (C=O) groups excluding carboxylic acids is 1. The summed E-state index contributed by atoms with van der Waals surface area (Å²) in [5.74, 6) is -1.25. The summed E-state index contributed by atoms with van der Waals surface area (Å²) in [5.41, 5.74) is -0.230. The van der Waals surface area contributed by atoms with Crippen LogP contribution in [0.15, 0.2) is 16.6 Å². The smallest absolute Gasteiger partial charge is 0.405 e. The Bertz CT molecular complexity index is 505. The third-order valence-electron chi connectivity index (χ3n) is 1.79. The molecule has 90 valence electrons. The Hall–Kier alpha value is -1.55. The molecule has 0 fully saturated rings. The van der Waals surface area contributed by atoms with Crippen molar-refractivity contribution in [3.05, 3.63) is 27.7 Å². The second kappa shape index (κ2) is 4.75. The van der Waals surface area contributed by atoms with Gasteiger partial charge >= 0.3 is 6.36 Å². The molecule has 0 aromatic heterocycles. The van der Waals surface area contributed by atoms with Crippen LogP contribution in [0, 0.1) is 11.3 Å². The van der Waals surface area contributed by atoms with Crippen molar-refractivity contribution in [3.63, 3.8) is 0 Å². The van der Waals surface area contributed by atoms with Gasteiger partial charge in [0.1, 0.15) is 11.8 Å². The maximum Gasteiger partial charge on any atom is 0.573 e. The third kappa shape index (κ3) is 3.46. The van der Waals surface area contributed by atoms with E-state index in [0.29, 0.717) is 0 Å². The van der Waals surface area contributed by atoms with E-state index >= 15 is 0 Å². The van der Waals surface area contributed by atoms with E-state index in [9.17, 15) is 18.0 Å². The molecule has 1 rings (SSSR count). The van der Waals surface area contributed by atoms with Crippen molar-refractivity contribution < 1.29 is 22.7 Å². The molecule has 0 heterocycles. The number of benzene rings is 1. The Morgan fingerprint density at radius 3 is 2.47 bits per heavy atom. The Morgan fingerprint density at radius 2 is 2.06 bits per heavy atom. The standard InChI is InChI=1S/C10H5BrF3NO2/c1-5(16)7-2-6(4-15)8(11)3-9(7)17-10(12,13)14/h2-3H,1H3. The van der Waals surface area contributed by atoms with E-state index in [4.69, 9.17) is 5.26 Å². The Kier molecular flexibility index (Phi) is 3.78. The highest BCUT2D eigenvalue weighted by Crippen LogP contribution is 2.31. The van der Waals surface area contributed by atoms with Gasteiger partial charge in [0, 0.05) is 4.47 Å². The first kappa shape index (κ1) is 13.5. The van der Waals surface area contributed by atoms with E-state index in [-0.39, 0.29) is 15.6 Å². The molecule has 0 N–H and O–H groups in total. The van der Waals surface area contributed by atoms with Gasteiger partial charge in [-0.1, -0.05) is 0 Å². The van der Waals surface area contributed by atoms with Crippen molar-refractivity contribution in [3.8, 4) is 11.8 Å². The summed E-state index contributed by atoms with van der Waals surface area (Å²) in [4.78, 5) is 11.2. The number of nitrogens with zero attached hydrogens (tertiary/aromatic N) is 1. The molecular formula is C10H5BrF3NO2. The summed E-state index contributed by atoms with van der Waals surface area (Å²) in [7, 11) is 0. The molecule has 0 aliphatic rings. The van der Waals surface area contributed by atoms with Crippen LogP contribution in [0.5, 0.6) is 5.75 Å². The molecule has 0 aliphatic heterocycles. The van der Waals surface area contributed by atoms with E-state index in [1.54, 1.807) is 6.07 Å². The summed E-state index contributed by atoms with van der Waals surface area (Å²) >= 11 is 2.92. The lowest BCUT2D eigenvalue weighted by molar-refractivity contribution is -0.274. The lowest BCUT2D eigenvalue weighted by atomic mass is 10.1. The number of ketones is 1. The predicted molar refractivity (Wildman–Crippen MR) is 55.5 cm³/mol. The third-order valence-corrected chi connectivity index (χ3v) is 2.45. The van der Waals surface area contributed by atoms with Gasteiger partial charge in [-0.15, -0.1) is 13.2 Å². The molecular weight excluding hydrogens is 303 g/mol. The topological polar surface area (TPSA) is 50.1 Å². The molecule has 1 aromatic rings. The van der Waals surface area contributed by atoms with Crippen LogP contribution in [0.2, 0.25) is 0 Å². The first-order valence-electron chi connectivity index (χ1n) is 4.25. The van der Waals surface area contributed by atoms with Crippen LogP contribution in [0.4, 0.5) is 13.2 Å². The minimum Gasteiger partial charge on any atom is -0.405 e. The summed E-state index contributed by atoms with van der Waals surface area (Å²) < 4.78 is 40.1. The van der Waals surface area contributed by atoms with E-state index in [1.165, 1.54) is 0 Å². The van der Waals surface area contributed by atoms with Gasteiger partial charge in [0.25, 0.3) is 0 Å². The van der Waals surface area contributed by atoms with Crippen molar-refractivity contribution in [1.29, 1.82) is 5.26 Å². The highest BCUT2D eigenvalue weighted by atomic mass is 79.9. The van der Waals surface area contributed by atoms with Crippen LogP contribution in [-0.4, -0.2) is 12.1 Å².